The first-order chi connectivity index (χ1) is 3.98. The molecule has 0 aromatic heterocycles. The third-order valence-corrected chi connectivity index (χ3v) is 3.30. The summed E-state index contributed by atoms with van der Waals surface area (Å²) in [6, 6.07) is 0. The summed E-state index contributed by atoms with van der Waals surface area (Å²) in [7, 11) is -2.85. The smallest absolute Gasteiger partial charge is 0.200 e. The Labute approximate surface area is 55.7 Å². The van der Waals surface area contributed by atoms with Gasteiger partial charge >= 0.3 is 0 Å². The van der Waals surface area contributed by atoms with Crippen molar-refractivity contribution < 1.29 is 9.46 Å². The molecule has 3 nitrogen and oxygen atoms in total. The molecule has 2 atom stereocenters. The fourth-order valence-corrected chi connectivity index (χ4v) is 1.11. The van der Waals surface area contributed by atoms with E-state index in [0.29, 0.717) is 13.0 Å². The van der Waals surface area contributed by atoms with Crippen LogP contribution in [0.5, 0.6) is 0 Å². The molecule has 0 aliphatic heterocycles. The van der Waals surface area contributed by atoms with Gasteiger partial charge in [-0.3, -0.25) is 4.57 Å². The molecule has 0 fully saturated rings. The number of nitrogens with two attached hydrogens (primary N) is 1. The van der Waals surface area contributed by atoms with Gasteiger partial charge in [0.15, 0.2) is 7.37 Å². The summed E-state index contributed by atoms with van der Waals surface area (Å²) in [5.74, 6) is 0. The Morgan fingerprint density at radius 1 is 1.78 bits per heavy atom. The highest BCUT2D eigenvalue weighted by atomic mass is 31.2. The zero-order valence-electron chi connectivity index (χ0n) is 5.87. The molecule has 0 amide bonds. The second-order valence-electron chi connectivity index (χ2n) is 2.37. The third-order valence-electron chi connectivity index (χ3n) is 1.40. The monoisotopic (exact) mass is 151 g/mol. The van der Waals surface area contributed by atoms with Gasteiger partial charge in [-0.25, -0.2) is 0 Å². The van der Waals surface area contributed by atoms with E-state index in [1.807, 2.05) is 0 Å². The van der Waals surface area contributed by atoms with Crippen molar-refractivity contribution in [1.82, 2.24) is 0 Å². The van der Waals surface area contributed by atoms with Gasteiger partial charge in [-0.2, -0.15) is 0 Å². The van der Waals surface area contributed by atoms with Crippen LogP contribution in [0.4, 0.5) is 0 Å². The van der Waals surface area contributed by atoms with E-state index in [1.54, 1.807) is 6.92 Å². The van der Waals surface area contributed by atoms with Gasteiger partial charge in [0.1, 0.15) is 0 Å². The van der Waals surface area contributed by atoms with Crippen molar-refractivity contribution >= 4 is 7.37 Å². The van der Waals surface area contributed by atoms with Crippen LogP contribution in [-0.4, -0.2) is 23.8 Å². The highest BCUT2D eigenvalue weighted by molar-refractivity contribution is 7.57. The Bertz CT molecular complexity index is 120. The van der Waals surface area contributed by atoms with Crippen LogP contribution in [0, 0.1) is 0 Å². The molecule has 0 saturated carbocycles. The van der Waals surface area contributed by atoms with Crippen molar-refractivity contribution in [1.29, 1.82) is 0 Å². The fraction of sp³-hybridized carbons (Fsp3) is 1.00. The van der Waals surface area contributed by atoms with Gasteiger partial charge in [0.05, 0.1) is 0 Å². The zero-order chi connectivity index (χ0) is 7.49. The van der Waals surface area contributed by atoms with Crippen LogP contribution < -0.4 is 5.73 Å². The van der Waals surface area contributed by atoms with Crippen molar-refractivity contribution in [3.05, 3.63) is 0 Å². The van der Waals surface area contributed by atoms with Crippen LogP contribution in [0.1, 0.15) is 13.3 Å². The molecule has 0 heterocycles. The number of hydrogen-bond acceptors (Lipinski definition) is 2. The number of hydrogen-bond donors (Lipinski definition) is 2. The van der Waals surface area contributed by atoms with Gasteiger partial charge in [-0.1, -0.05) is 6.92 Å². The molecule has 0 rings (SSSR count). The standard InChI is InChI=1S/C5H14NO2P/c1-5(3-4-6)9(2,7)8/h5H,3-4,6H2,1-2H3,(H,7,8)/t5-/m1/s1. The predicted molar refractivity (Wildman–Crippen MR) is 38.9 cm³/mol. The molecule has 1 unspecified atom stereocenters. The van der Waals surface area contributed by atoms with E-state index in [1.165, 1.54) is 6.66 Å². The Hall–Kier alpha value is 0.150. The summed E-state index contributed by atoms with van der Waals surface area (Å²) in [6.45, 7) is 3.60. The first kappa shape index (κ1) is 9.15. The minimum Gasteiger partial charge on any atom is -0.344 e. The normalized spacial score (nSPS) is 20.9. The van der Waals surface area contributed by atoms with Crippen molar-refractivity contribution in [3.63, 3.8) is 0 Å². The zero-order valence-corrected chi connectivity index (χ0v) is 6.77. The van der Waals surface area contributed by atoms with Gasteiger partial charge in [0, 0.05) is 12.3 Å². The Kier molecular flexibility index (Phi) is 3.41. The second kappa shape index (κ2) is 3.35. The fourth-order valence-electron chi connectivity index (χ4n) is 0.481. The molecular weight excluding hydrogens is 137 g/mol. The lowest BCUT2D eigenvalue weighted by molar-refractivity contribution is 0.469. The van der Waals surface area contributed by atoms with Gasteiger partial charge in [-0.05, 0) is 13.0 Å². The molecule has 56 valence electrons. The third kappa shape index (κ3) is 3.68. The molecule has 0 aliphatic rings. The highest BCUT2D eigenvalue weighted by Gasteiger charge is 2.18. The van der Waals surface area contributed by atoms with E-state index in [-0.39, 0.29) is 5.66 Å². The van der Waals surface area contributed by atoms with Gasteiger partial charge in [0.2, 0.25) is 0 Å². The minimum atomic E-state index is -2.85. The second-order valence-corrected chi connectivity index (χ2v) is 5.14. The Morgan fingerprint density at radius 2 is 2.22 bits per heavy atom. The van der Waals surface area contributed by atoms with E-state index in [4.69, 9.17) is 10.6 Å². The van der Waals surface area contributed by atoms with Crippen molar-refractivity contribution in [3.8, 4) is 0 Å². The lowest BCUT2D eigenvalue weighted by Gasteiger charge is -2.12. The molecule has 0 bridgehead atoms. The van der Waals surface area contributed by atoms with E-state index in [0.717, 1.165) is 0 Å². The van der Waals surface area contributed by atoms with E-state index >= 15 is 0 Å². The van der Waals surface area contributed by atoms with E-state index in [9.17, 15) is 4.57 Å². The van der Waals surface area contributed by atoms with Crippen molar-refractivity contribution in [2.45, 2.75) is 19.0 Å². The molecule has 0 radical (unpaired) electrons. The van der Waals surface area contributed by atoms with Crippen molar-refractivity contribution in [2.24, 2.45) is 5.73 Å². The average molecular weight is 151 g/mol. The lowest BCUT2D eigenvalue weighted by atomic mass is 10.3. The summed E-state index contributed by atoms with van der Waals surface area (Å²) in [5, 5.41) is 0. The first-order valence-corrected chi connectivity index (χ1v) is 5.16. The van der Waals surface area contributed by atoms with E-state index in [2.05, 4.69) is 0 Å². The summed E-state index contributed by atoms with van der Waals surface area (Å²) in [4.78, 5) is 8.92. The molecule has 0 spiro atoms. The molecule has 0 aliphatic carbocycles. The van der Waals surface area contributed by atoms with Crippen molar-refractivity contribution in [2.75, 3.05) is 13.2 Å². The van der Waals surface area contributed by atoms with Gasteiger partial charge < -0.3 is 10.6 Å². The van der Waals surface area contributed by atoms with Crippen LogP contribution in [-0.2, 0) is 4.57 Å². The van der Waals surface area contributed by atoms with Crippen LogP contribution in [0.2, 0.25) is 0 Å². The molecule has 3 N–H and O–H groups in total. The summed E-state index contributed by atoms with van der Waals surface area (Å²) in [6.07, 6.45) is 0.629. The highest BCUT2D eigenvalue weighted by Crippen LogP contribution is 2.42. The summed E-state index contributed by atoms with van der Waals surface area (Å²) in [5.41, 5.74) is 5.04. The quantitative estimate of drug-likeness (QED) is 0.581. The maximum Gasteiger partial charge on any atom is 0.200 e. The Balaban J connectivity index is 3.74. The van der Waals surface area contributed by atoms with Gasteiger partial charge in [0.25, 0.3) is 0 Å². The van der Waals surface area contributed by atoms with Crippen LogP contribution in [0.15, 0.2) is 0 Å². The molecule has 0 saturated heterocycles. The molecule has 0 aromatic carbocycles. The maximum atomic E-state index is 10.8. The topological polar surface area (TPSA) is 63.3 Å². The molecule has 9 heavy (non-hydrogen) atoms. The lowest BCUT2D eigenvalue weighted by Crippen LogP contribution is -2.10. The van der Waals surface area contributed by atoms with Gasteiger partial charge in [-0.15, -0.1) is 0 Å². The van der Waals surface area contributed by atoms with Crippen LogP contribution >= 0.6 is 7.37 Å². The van der Waals surface area contributed by atoms with Crippen LogP contribution in [0.3, 0.4) is 0 Å². The Morgan fingerprint density at radius 3 is 2.33 bits per heavy atom. The summed E-state index contributed by atoms with van der Waals surface area (Å²) < 4.78 is 10.8. The molecule has 0 aromatic rings. The minimum absolute atomic E-state index is 0.150. The first-order valence-electron chi connectivity index (χ1n) is 2.98. The summed E-state index contributed by atoms with van der Waals surface area (Å²) >= 11 is 0. The maximum absolute atomic E-state index is 10.8. The average Bonchev–Trinajstić information content (AvgIpc) is 1.64. The van der Waals surface area contributed by atoms with E-state index < -0.39 is 7.37 Å². The predicted octanol–water partition coefficient (Wildman–Crippen LogP) is 0.624. The van der Waals surface area contributed by atoms with Crippen LogP contribution in [0.25, 0.3) is 0 Å². The SMILES string of the molecule is C[C@H](CCN)P(C)(=O)O. The molecule has 4 heteroatoms. The number of rotatable bonds is 3. The largest absolute Gasteiger partial charge is 0.344 e. The molecular formula is C5H14NO2P.